The van der Waals surface area contributed by atoms with E-state index in [9.17, 15) is 9.32 Å². The Labute approximate surface area is 151 Å². The Morgan fingerprint density at radius 3 is 2.64 bits per heavy atom. The minimum absolute atomic E-state index is 0.158. The molecule has 6 atom stereocenters. The first-order valence-corrected chi connectivity index (χ1v) is 10.6. The summed E-state index contributed by atoms with van der Waals surface area (Å²) in [6, 6.07) is 9.85. The lowest BCUT2D eigenvalue weighted by molar-refractivity contribution is -0.271. The van der Waals surface area contributed by atoms with Crippen LogP contribution in [-0.2, 0) is 31.6 Å². The van der Waals surface area contributed by atoms with E-state index in [-0.39, 0.29) is 12.2 Å². The molecule has 25 heavy (non-hydrogen) atoms. The van der Waals surface area contributed by atoms with Crippen LogP contribution in [0.3, 0.4) is 0 Å². The van der Waals surface area contributed by atoms with E-state index in [1.165, 1.54) is 19.3 Å². The van der Waals surface area contributed by atoms with Gasteiger partial charge in [-0.2, -0.15) is 0 Å². The van der Waals surface area contributed by atoms with Crippen LogP contribution >= 0.6 is 0 Å². The minimum Gasteiger partial charge on any atom is -0.389 e. The van der Waals surface area contributed by atoms with Crippen LogP contribution < -0.4 is 0 Å². The molecule has 0 spiro atoms. The molecule has 138 valence electrons. The molecule has 3 heterocycles. The number of rotatable bonds is 5. The molecule has 1 aromatic rings. The normalized spacial score (nSPS) is 38.8. The van der Waals surface area contributed by atoms with Crippen LogP contribution in [0.4, 0.5) is 0 Å². The predicted molar refractivity (Wildman–Crippen MR) is 94.4 cm³/mol. The van der Waals surface area contributed by atoms with E-state index in [4.69, 9.17) is 14.2 Å². The zero-order valence-corrected chi connectivity index (χ0v) is 15.1. The van der Waals surface area contributed by atoms with Gasteiger partial charge in [-0.25, -0.2) is 0 Å². The molecular formula is C19H26O5S. The molecule has 6 heteroatoms. The first kappa shape index (κ1) is 17.6. The van der Waals surface area contributed by atoms with Gasteiger partial charge in [0.1, 0.15) is 23.6 Å². The summed E-state index contributed by atoms with van der Waals surface area (Å²) in [5.74, 6) is 0.408. The Morgan fingerprint density at radius 2 is 1.92 bits per heavy atom. The van der Waals surface area contributed by atoms with Gasteiger partial charge < -0.3 is 19.3 Å². The fourth-order valence-electron chi connectivity index (χ4n) is 4.05. The third kappa shape index (κ3) is 3.83. The highest BCUT2D eigenvalue weighted by molar-refractivity contribution is 7.85. The Kier molecular flexibility index (Phi) is 5.53. The first-order valence-electron chi connectivity index (χ1n) is 9.24. The van der Waals surface area contributed by atoms with Gasteiger partial charge in [-0.05, 0) is 18.4 Å². The highest BCUT2D eigenvalue weighted by Gasteiger charge is 2.55. The number of fused-ring (bicyclic) bond motifs is 3. The largest absolute Gasteiger partial charge is 0.389 e. The maximum absolute atomic E-state index is 12.5. The summed E-state index contributed by atoms with van der Waals surface area (Å²) in [6.45, 7) is 0.413. The Hall–Kier alpha value is -0.790. The van der Waals surface area contributed by atoms with Crippen molar-refractivity contribution in [2.75, 3.05) is 5.75 Å². The Morgan fingerprint density at radius 1 is 1.16 bits per heavy atom. The van der Waals surface area contributed by atoms with Crippen molar-refractivity contribution in [1.29, 1.82) is 0 Å². The molecule has 1 aromatic carbocycles. The van der Waals surface area contributed by atoms with Crippen molar-refractivity contribution < 1.29 is 23.5 Å². The lowest BCUT2D eigenvalue weighted by Crippen LogP contribution is -2.67. The molecule has 0 radical (unpaired) electrons. The summed E-state index contributed by atoms with van der Waals surface area (Å²) < 4.78 is 30.5. The van der Waals surface area contributed by atoms with Crippen molar-refractivity contribution in [3.8, 4) is 0 Å². The second-order valence-corrected chi connectivity index (χ2v) is 8.84. The highest BCUT2D eigenvalue weighted by Crippen LogP contribution is 2.36. The van der Waals surface area contributed by atoms with Crippen LogP contribution in [0.5, 0.6) is 0 Å². The lowest BCUT2D eigenvalue weighted by atomic mass is 9.97. The summed E-state index contributed by atoms with van der Waals surface area (Å²) in [4.78, 5) is 0. The molecule has 0 amide bonds. The van der Waals surface area contributed by atoms with E-state index in [1.807, 2.05) is 30.3 Å². The number of benzene rings is 1. The summed E-state index contributed by atoms with van der Waals surface area (Å²) in [6.07, 6.45) is 3.57. The molecule has 0 aromatic heterocycles. The molecule has 1 unspecified atom stereocenters. The van der Waals surface area contributed by atoms with Crippen molar-refractivity contribution in [3.63, 3.8) is 0 Å². The quantitative estimate of drug-likeness (QED) is 0.865. The topological polar surface area (TPSA) is 65.0 Å². The zero-order chi connectivity index (χ0) is 17.2. The number of aliphatic hydroxyl groups excluding tert-OH is 1. The van der Waals surface area contributed by atoms with Gasteiger partial charge in [0.05, 0.1) is 18.5 Å². The van der Waals surface area contributed by atoms with E-state index in [0.717, 1.165) is 18.4 Å². The maximum atomic E-state index is 12.5. The first-order chi connectivity index (χ1) is 12.2. The van der Waals surface area contributed by atoms with Crippen molar-refractivity contribution in [1.82, 2.24) is 0 Å². The SMILES string of the molecule is O=S1C[C@H]2O[C@@H](OC3CCCCC3)[C@@H]1[C@@H](O)[C@@H]2OCc1ccccc1. The minimum atomic E-state index is -1.14. The molecule has 4 fully saturated rings. The smallest absolute Gasteiger partial charge is 0.175 e. The second-order valence-electron chi connectivity index (χ2n) is 7.20. The average Bonchev–Trinajstić information content (AvgIpc) is 2.62. The summed E-state index contributed by atoms with van der Waals surface area (Å²) in [5, 5.41) is 10.2. The monoisotopic (exact) mass is 366 g/mol. The predicted octanol–water partition coefficient (Wildman–Crippen LogP) is 2.14. The number of hydrogen-bond donors (Lipinski definition) is 1. The molecule has 3 saturated heterocycles. The van der Waals surface area contributed by atoms with E-state index in [1.54, 1.807) is 0 Å². The van der Waals surface area contributed by atoms with Crippen LogP contribution in [0.1, 0.15) is 37.7 Å². The van der Waals surface area contributed by atoms with Gasteiger partial charge in [-0.1, -0.05) is 49.6 Å². The van der Waals surface area contributed by atoms with Gasteiger partial charge in [-0.3, -0.25) is 4.21 Å². The highest BCUT2D eigenvalue weighted by atomic mass is 32.2. The van der Waals surface area contributed by atoms with Crippen molar-refractivity contribution in [2.45, 2.75) is 74.7 Å². The van der Waals surface area contributed by atoms with Gasteiger partial charge in [-0.15, -0.1) is 0 Å². The van der Waals surface area contributed by atoms with Crippen LogP contribution in [0, 0.1) is 0 Å². The molecule has 4 aliphatic rings. The third-order valence-corrected chi connectivity index (χ3v) is 7.18. The van der Waals surface area contributed by atoms with Gasteiger partial charge in [0.25, 0.3) is 0 Å². The summed E-state index contributed by atoms with van der Waals surface area (Å²) in [7, 11) is -1.14. The van der Waals surface area contributed by atoms with E-state index < -0.39 is 34.5 Å². The van der Waals surface area contributed by atoms with Crippen LogP contribution in [0.2, 0.25) is 0 Å². The molecule has 5 rings (SSSR count). The standard InChI is InChI=1S/C19H26O5S/c20-16-17(22-11-13-7-3-1-4-8-13)15-12-25(21)18(16)19(24-15)23-14-9-5-2-6-10-14/h1,3-4,7-8,14-20H,2,5-6,9-12H2/t15-,16+,17-,18+,19-,25?/m1/s1. The molecule has 1 aliphatic carbocycles. The molecular weight excluding hydrogens is 340 g/mol. The van der Waals surface area contributed by atoms with E-state index in [0.29, 0.717) is 12.4 Å². The fourth-order valence-corrected chi connectivity index (χ4v) is 5.71. The lowest BCUT2D eigenvalue weighted by Gasteiger charge is -2.49. The number of aliphatic hydroxyl groups is 1. The second kappa shape index (κ2) is 7.84. The van der Waals surface area contributed by atoms with Crippen molar-refractivity contribution in [2.24, 2.45) is 0 Å². The molecule has 1 N–H and O–H groups in total. The third-order valence-electron chi connectivity index (χ3n) is 5.41. The zero-order valence-electron chi connectivity index (χ0n) is 14.3. The number of hydrogen-bond acceptors (Lipinski definition) is 5. The fraction of sp³-hybridized carbons (Fsp3) is 0.684. The summed E-state index contributed by atoms with van der Waals surface area (Å²) >= 11 is 0. The van der Waals surface area contributed by atoms with Gasteiger partial charge in [0.2, 0.25) is 0 Å². The Balaban J connectivity index is 1.39. The van der Waals surface area contributed by atoms with E-state index >= 15 is 0 Å². The summed E-state index contributed by atoms with van der Waals surface area (Å²) in [5.41, 5.74) is 1.05. The van der Waals surface area contributed by atoms with E-state index in [2.05, 4.69) is 0 Å². The van der Waals surface area contributed by atoms with Gasteiger partial charge >= 0.3 is 0 Å². The molecule has 5 nitrogen and oxygen atoms in total. The maximum Gasteiger partial charge on any atom is 0.175 e. The number of ether oxygens (including phenoxy) is 3. The van der Waals surface area contributed by atoms with Gasteiger partial charge in [0, 0.05) is 10.8 Å². The molecule has 1 saturated carbocycles. The van der Waals surface area contributed by atoms with Gasteiger partial charge in [0.15, 0.2) is 6.29 Å². The van der Waals surface area contributed by atoms with Crippen LogP contribution in [0.15, 0.2) is 30.3 Å². The van der Waals surface area contributed by atoms with Crippen molar-refractivity contribution in [3.05, 3.63) is 35.9 Å². The van der Waals surface area contributed by atoms with Crippen LogP contribution in [-0.4, -0.2) is 51.0 Å². The van der Waals surface area contributed by atoms with Crippen LogP contribution in [0.25, 0.3) is 0 Å². The molecule has 2 bridgehead atoms. The van der Waals surface area contributed by atoms with Crippen molar-refractivity contribution >= 4 is 10.8 Å². The average molecular weight is 366 g/mol. The Bertz CT molecular complexity index is 587. The molecule has 3 aliphatic heterocycles.